The van der Waals surface area contributed by atoms with Crippen molar-refractivity contribution in [2.24, 2.45) is 0 Å². The van der Waals surface area contributed by atoms with Gasteiger partial charge in [0, 0.05) is 12.3 Å². The minimum Gasteiger partial charge on any atom is -0.748 e. The maximum atomic E-state index is 11.4. The molecule has 1 fully saturated rings. The molecule has 0 aromatic carbocycles. The van der Waals surface area contributed by atoms with E-state index in [1.165, 1.54) is 0 Å². The molecule has 3 unspecified atom stereocenters. The van der Waals surface area contributed by atoms with Crippen LogP contribution in [0.25, 0.3) is 0 Å². The van der Waals surface area contributed by atoms with E-state index in [9.17, 15) is 29.8 Å². The molecule has 8 nitrogen and oxygen atoms in total. The van der Waals surface area contributed by atoms with Crippen LogP contribution >= 0.6 is 0 Å². The Morgan fingerprint density at radius 1 is 1.00 bits per heavy atom. The van der Waals surface area contributed by atoms with Gasteiger partial charge in [0.2, 0.25) is 10.0 Å². The molecule has 3 atom stereocenters. The first-order valence-corrected chi connectivity index (χ1v) is 10.7. The van der Waals surface area contributed by atoms with Crippen molar-refractivity contribution < 1.29 is 59.4 Å². The number of rotatable bonds is 4. The molecule has 12 heteroatoms. The molecular formula is C8H16NNaO7S3. The van der Waals surface area contributed by atoms with Gasteiger partial charge in [0.15, 0.2) is 0 Å². The average molecular weight is 357 g/mol. The topological polar surface area (TPSA) is 138 Å². The predicted molar refractivity (Wildman–Crippen MR) is 67.7 cm³/mol. The van der Waals surface area contributed by atoms with Crippen LogP contribution in [0.5, 0.6) is 0 Å². The fraction of sp³-hybridized carbons (Fsp3) is 1.00. The third-order valence-corrected chi connectivity index (χ3v) is 6.72. The van der Waals surface area contributed by atoms with Gasteiger partial charge in [0.05, 0.1) is 26.9 Å². The number of hydrogen-bond donors (Lipinski definition) is 1. The van der Waals surface area contributed by atoms with E-state index in [1.54, 1.807) is 0 Å². The average Bonchev–Trinajstić information content (AvgIpc) is 2.11. The molecule has 1 saturated carbocycles. The van der Waals surface area contributed by atoms with Crippen LogP contribution in [0.2, 0.25) is 0 Å². The molecular weight excluding hydrogens is 341 g/mol. The van der Waals surface area contributed by atoms with Crippen LogP contribution in [-0.2, 0) is 30.0 Å². The van der Waals surface area contributed by atoms with Crippen LogP contribution < -0.4 is 34.3 Å². The van der Waals surface area contributed by atoms with Crippen molar-refractivity contribution >= 4 is 30.0 Å². The van der Waals surface area contributed by atoms with E-state index >= 15 is 0 Å². The predicted octanol–water partition coefficient (Wildman–Crippen LogP) is -4.58. The van der Waals surface area contributed by atoms with Gasteiger partial charge in [-0.15, -0.1) is 0 Å². The third-order valence-electron chi connectivity index (χ3n) is 3.09. The van der Waals surface area contributed by atoms with E-state index in [0.29, 0.717) is 0 Å². The largest absolute Gasteiger partial charge is 1.00 e. The van der Waals surface area contributed by atoms with Crippen molar-refractivity contribution in [3.8, 4) is 0 Å². The Morgan fingerprint density at radius 2 is 1.50 bits per heavy atom. The van der Waals surface area contributed by atoms with Gasteiger partial charge in [-0.05, 0) is 19.3 Å². The van der Waals surface area contributed by atoms with Crippen LogP contribution in [0.4, 0.5) is 0 Å². The van der Waals surface area contributed by atoms with E-state index in [0.717, 1.165) is 12.5 Å². The fourth-order valence-corrected chi connectivity index (χ4v) is 5.45. The summed E-state index contributed by atoms with van der Waals surface area (Å²) in [4.78, 5) is 0. The normalized spacial score (nSPS) is 28.6. The molecule has 0 aromatic heterocycles. The SMILES string of the molecule is CS(=O)(=O)NC1CCC(S(C)(=O)=O)CC1S(=O)(=O)[O-].[Na+]. The first-order valence-electron chi connectivity index (χ1n) is 5.41. The second-order valence-electron chi connectivity index (χ2n) is 4.79. The molecule has 0 heterocycles. The summed E-state index contributed by atoms with van der Waals surface area (Å²) in [7, 11) is -11.9. The summed E-state index contributed by atoms with van der Waals surface area (Å²) >= 11 is 0. The summed E-state index contributed by atoms with van der Waals surface area (Å²) in [6.45, 7) is 0. The molecule has 0 aromatic rings. The molecule has 20 heavy (non-hydrogen) atoms. The third kappa shape index (κ3) is 6.26. The molecule has 1 aliphatic carbocycles. The minimum absolute atomic E-state index is 0. The molecule has 114 valence electrons. The molecule has 0 bridgehead atoms. The van der Waals surface area contributed by atoms with Gasteiger partial charge in [0.25, 0.3) is 0 Å². The summed E-state index contributed by atoms with van der Waals surface area (Å²) in [5.74, 6) is 0. The Labute approximate surface area is 141 Å². The molecule has 1 N–H and O–H groups in total. The van der Waals surface area contributed by atoms with E-state index in [-0.39, 0.29) is 48.8 Å². The zero-order valence-corrected chi connectivity index (χ0v) is 15.9. The van der Waals surface area contributed by atoms with Crippen molar-refractivity contribution in [3.63, 3.8) is 0 Å². The number of hydrogen-bond acceptors (Lipinski definition) is 7. The van der Waals surface area contributed by atoms with Gasteiger partial charge >= 0.3 is 29.6 Å². The van der Waals surface area contributed by atoms with Crippen molar-refractivity contribution in [1.29, 1.82) is 0 Å². The summed E-state index contributed by atoms with van der Waals surface area (Å²) < 4.78 is 80.7. The Morgan fingerprint density at radius 3 is 1.85 bits per heavy atom. The Bertz CT molecular complexity index is 640. The van der Waals surface area contributed by atoms with Gasteiger partial charge in [0.1, 0.15) is 9.84 Å². The van der Waals surface area contributed by atoms with E-state index in [1.807, 2.05) is 0 Å². The van der Waals surface area contributed by atoms with E-state index < -0.39 is 46.5 Å². The van der Waals surface area contributed by atoms with Gasteiger partial charge < -0.3 is 4.55 Å². The summed E-state index contributed by atoms with van der Waals surface area (Å²) in [5, 5.41) is -2.49. The van der Waals surface area contributed by atoms with Crippen LogP contribution in [0.15, 0.2) is 0 Å². The number of sulfonamides is 1. The molecule has 0 saturated heterocycles. The molecule has 1 aliphatic rings. The van der Waals surface area contributed by atoms with Crippen molar-refractivity contribution in [2.45, 2.75) is 35.8 Å². The summed E-state index contributed by atoms with van der Waals surface area (Å²) in [6.07, 6.45) is 1.56. The van der Waals surface area contributed by atoms with Crippen molar-refractivity contribution in [1.82, 2.24) is 4.72 Å². The number of sulfone groups is 1. The zero-order chi connectivity index (χ0) is 15.1. The Balaban J connectivity index is 0.00000361. The second kappa shape index (κ2) is 6.90. The van der Waals surface area contributed by atoms with Crippen LogP contribution in [0, 0.1) is 0 Å². The Hall–Kier alpha value is 0.770. The Kier molecular flexibility index (Phi) is 7.17. The molecule has 0 amide bonds. The van der Waals surface area contributed by atoms with Crippen molar-refractivity contribution in [2.75, 3.05) is 12.5 Å². The molecule has 1 rings (SSSR count). The molecule has 0 aliphatic heterocycles. The van der Waals surface area contributed by atoms with E-state index in [2.05, 4.69) is 4.72 Å². The molecule has 0 spiro atoms. The first kappa shape index (κ1) is 20.8. The van der Waals surface area contributed by atoms with Crippen molar-refractivity contribution in [3.05, 3.63) is 0 Å². The second-order valence-corrected chi connectivity index (χ2v) is 10.5. The van der Waals surface area contributed by atoms with Gasteiger partial charge in [-0.3, -0.25) is 0 Å². The minimum atomic E-state index is -4.78. The molecule has 0 radical (unpaired) electrons. The fourth-order valence-electron chi connectivity index (χ4n) is 2.21. The van der Waals surface area contributed by atoms with Gasteiger partial charge in [-0.2, -0.15) is 0 Å². The summed E-state index contributed by atoms with van der Waals surface area (Å²) in [6, 6.07) is -1.07. The standard InChI is InChI=1S/C8H17NO7S3.Na/c1-17(10,11)6-3-4-7(9-18(2,12)13)8(5-6)19(14,15)16;/h6-9H,3-5H2,1-2H3,(H,14,15,16);/q;+1/p-1. The van der Waals surface area contributed by atoms with E-state index in [4.69, 9.17) is 0 Å². The van der Waals surface area contributed by atoms with Gasteiger partial charge in [-0.1, -0.05) is 0 Å². The smallest absolute Gasteiger partial charge is 0.748 e. The van der Waals surface area contributed by atoms with Crippen LogP contribution in [0.3, 0.4) is 0 Å². The monoisotopic (exact) mass is 357 g/mol. The maximum Gasteiger partial charge on any atom is 1.00 e. The number of nitrogens with one attached hydrogen (secondary N) is 1. The quantitative estimate of drug-likeness (QED) is 0.395. The zero-order valence-electron chi connectivity index (χ0n) is 11.4. The van der Waals surface area contributed by atoms with Gasteiger partial charge in [-0.25, -0.2) is 30.0 Å². The van der Waals surface area contributed by atoms with Crippen LogP contribution in [0.1, 0.15) is 19.3 Å². The summed E-state index contributed by atoms with van der Waals surface area (Å²) in [5.41, 5.74) is 0. The first-order chi connectivity index (χ1) is 8.31. The van der Waals surface area contributed by atoms with Crippen LogP contribution in [-0.4, -0.2) is 58.9 Å². The maximum absolute atomic E-state index is 11.4.